The molecule has 1 aromatic rings. The molecule has 2 aliphatic rings. The Labute approximate surface area is 125 Å². The summed E-state index contributed by atoms with van der Waals surface area (Å²) in [7, 11) is 0. The van der Waals surface area contributed by atoms with Gasteiger partial charge in [-0.25, -0.2) is 0 Å². The van der Waals surface area contributed by atoms with Gasteiger partial charge in [0.2, 0.25) is 11.8 Å². The van der Waals surface area contributed by atoms with E-state index in [-0.39, 0.29) is 31.4 Å². The van der Waals surface area contributed by atoms with Crippen LogP contribution in [0.1, 0.15) is 34.3 Å². The number of imide groups is 1. The SMILES string of the molecule is O=C1CCC(N2Cc3c(Cl)cc(CO)cc3C2=O)C(=O)N1. The highest BCUT2D eigenvalue weighted by atomic mass is 35.5. The molecule has 0 radical (unpaired) electrons. The normalized spacial score (nSPS) is 21.5. The van der Waals surface area contributed by atoms with E-state index in [2.05, 4.69) is 5.32 Å². The molecule has 0 aromatic heterocycles. The molecular weight excluding hydrogens is 296 g/mol. The van der Waals surface area contributed by atoms with Crippen LogP contribution in [0.5, 0.6) is 0 Å². The summed E-state index contributed by atoms with van der Waals surface area (Å²) in [4.78, 5) is 37.0. The maximum atomic E-state index is 12.5. The van der Waals surface area contributed by atoms with Crippen LogP contribution in [0.25, 0.3) is 0 Å². The van der Waals surface area contributed by atoms with E-state index in [1.54, 1.807) is 12.1 Å². The first kappa shape index (κ1) is 14.0. The van der Waals surface area contributed by atoms with E-state index >= 15 is 0 Å². The first-order chi connectivity index (χ1) is 10.0. The molecule has 1 atom stereocenters. The summed E-state index contributed by atoms with van der Waals surface area (Å²) in [5.74, 6) is -1.07. The van der Waals surface area contributed by atoms with Gasteiger partial charge in [-0.1, -0.05) is 11.6 Å². The molecule has 21 heavy (non-hydrogen) atoms. The van der Waals surface area contributed by atoms with Crippen LogP contribution in [0.3, 0.4) is 0 Å². The van der Waals surface area contributed by atoms with Gasteiger partial charge in [0.1, 0.15) is 6.04 Å². The summed E-state index contributed by atoms with van der Waals surface area (Å²) < 4.78 is 0. The van der Waals surface area contributed by atoms with E-state index < -0.39 is 11.9 Å². The van der Waals surface area contributed by atoms with E-state index in [9.17, 15) is 19.5 Å². The molecule has 6 nitrogen and oxygen atoms in total. The molecular formula is C14H13ClN2O4. The second kappa shape index (κ2) is 5.13. The number of amides is 3. The van der Waals surface area contributed by atoms with Crippen molar-refractivity contribution in [2.75, 3.05) is 0 Å². The lowest BCUT2D eigenvalue weighted by atomic mass is 10.0. The molecule has 2 aliphatic heterocycles. The quantitative estimate of drug-likeness (QED) is 0.783. The lowest BCUT2D eigenvalue weighted by Crippen LogP contribution is -2.52. The Morgan fingerprint density at radius 1 is 1.33 bits per heavy atom. The number of aliphatic hydroxyl groups is 1. The summed E-state index contributed by atoms with van der Waals surface area (Å²) in [6, 6.07) is 2.55. The van der Waals surface area contributed by atoms with Crippen LogP contribution in [0.4, 0.5) is 0 Å². The van der Waals surface area contributed by atoms with Gasteiger partial charge in [0.25, 0.3) is 5.91 Å². The van der Waals surface area contributed by atoms with Crippen molar-refractivity contribution in [1.82, 2.24) is 10.2 Å². The Hall–Kier alpha value is -1.92. The minimum Gasteiger partial charge on any atom is -0.392 e. The Morgan fingerprint density at radius 3 is 2.76 bits per heavy atom. The van der Waals surface area contributed by atoms with Crippen LogP contribution in [0.2, 0.25) is 5.02 Å². The third-order valence-corrected chi connectivity index (χ3v) is 4.18. The molecule has 3 rings (SSSR count). The number of aliphatic hydroxyl groups excluding tert-OH is 1. The number of benzene rings is 1. The van der Waals surface area contributed by atoms with E-state index in [0.29, 0.717) is 28.1 Å². The molecule has 0 spiro atoms. The fraction of sp³-hybridized carbons (Fsp3) is 0.357. The average Bonchev–Trinajstić information content (AvgIpc) is 2.77. The lowest BCUT2D eigenvalue weighted by molar-refractivity contribution is -0.136. The summed E-state index contributed by atoms with van der Waals surface area (Å²) in [6.07, 6.45) is 0.529. The van der Waals surface area contributed by atoms with Crippen molar-refractivity contribution in [2.45, 2.75) is 32.0 Å². The largest absolute Gasteiger partial charge is 0.392 e. The predicted molar refractivity (Wildman–Crippen MR) is 73.4 cm³/mol. The standard InChI is InChI=1S/C14H13ClN2O4/c15-10-4-7(6-18)3-8-9(10)5-17(14(8)21)11-1-2-12(19)16-13(11)20/h3-4,11,18H,1-2,5-6H2,(H,16,19,20). The van der Waals surface area contributed by atoms with Gasteiger partial charge >= 0.3 is 0 Å². The molecule has 1 unspecified atom stereocenters. The number of rotatable bonds is 2. The van der Waals surface area contributed by atoms with Gasteiger partial charge < -0.3 is 10.0 Å². The van der Waals surface area contributed by atoms with Crippen molar-refractivity contribution in [3.8, 4) is 0 Å². The highest BCUT2D eigenvalue weighted by Crippen LogP contribution is 2.33. The molecule has 2 N–H and O–H groups in total. The number of hydrogen-bond acceptors (Lipinski definition) is 4. The van der Waals surface area contributed by atoms with Crippen LogP contribution in [0, 0.1) is 0 Å². The van der Waals surface area contributed by atoms with Crippen LogP contribution in [-0.2, 0) is 22.7 Å². The highest BCUT2D eigenvalue weighted by molar-refractivity contribution is 6.32. The van der Waals surface area contributed by atoms with Gasteiger partial charge in [-0.3, -0.25) is 19.7 Å². The van der Waals surface area contributed by atoms with Gasteiger partial charge in [0.05, 0.1) is 6.61 Å². The van der Waals surface area contributed by atoms with Gasteiger partial charge in [0.15, 0.2) is 0 Å². The minimum absolute atomic E-state index is 0.210. The van der Waals surface area contributed by atoms with Gasteiger partial charge in [-0.05, 0) is 24.1 Å². The summed E-state index contributed by atoms with van der Waals surface area (Å²) in [6.45, 7) is 0.0314. The second-order valence-electron chi connectivity index (χ2n) is 5.16. The number of nitrogens with zero attached hydrogens (tertiary/aromatic N) is 1. The Balaban J connectivity index is 1.92. The number of carbonyl (C=O) groups is 3. The van der Waals surface area contributed by atoms with Crippen molar-refractivity contribution < 1.29 is 19.5 Å². The number of halogens is 1. The molecule has 0 aliphatic carbocycles. The summed E-state index contributed by atoms with van der Waals surface area (Å²) in [5, 5.41) is 11.8. The van der Waals surface area contributed by atoms with Crippen LogP contribution in [-0.4, -0.2) is 33.8 Å². The maximum absolute atomic E-state index is 12.5. The zero-order chi connectivity index (χ0) is 15.1. The molecule has 1 aromatic carbocycles. The number of nitrogens with one attached hydrogen (secondary N) is 1. The highest BCUT2D eigenvalue weighted by Gasteiger charge is 2.39. The van der Waals surface area contributed by atoms with Crippen molar-refractivity contribution in [1.29, 1.82) is 0 Å². The summed E-state index contributed by atoms with van der Waals surface area (Å²) in [5.41, 5.74) is 1.62. The average molecular weight is 309 g/mol. The first-order valence-corrected chi connectivity index (χ1v) is 6.96. The smallest absolute Gasteiger partial charge is 0.255 e. The monoisotopic (exact) mass is 308 g/mol. The van der Waals surface area contributed by atoms with Crippen molar-refractivity contribution in [3.63, 3.8) is 0 Å². The molecule has 1 saturated heterocycles. The minimum atomic E-state index is -0.656. The lowest BCUT2D eigenvalue weighted by Gasteiger charge is -2.29. The van der Waals surface area contributed by atoms with Crippen molar-refractivity contribution in [2.24, 2.45) is 0 Å². The van der Waals surface area contributed by atoms with Gasteiger partial charge in [0, 0.05) is 29.1 Å². The zero-order valence-electron chi connectivity index (χ0n) is 11.1. The van der Waals surface area contributed by atoms with Crippen LogP contribution in [0.15, 0.2) is 12.1 Å². The first-order valence-electron chi connectivity index (χ1n) is 6.58. The van der Waals surface area contributed by atoms with Crippen LogP contribution >= 0.6 is 11.6 Å². The maximum Gasteiger partial charge on any atom is 0.255 e. The molecule has 1 fully saturated rings. The van der Waals surface area contributed by atoms with E-state index in [1.807, 2.05) is 0 Å². The molecule has 0 bridgehead atoms. The van der Waals surface area contributed by atoms with E-state index in [1.165, 1.54) is 4.90 Å². The molecule has 3 amide bonds. The van der Waals surface area contributed by atoms with E-state index in [0.717, 1.165) is 0 Å². The van der Waals surface area contributed by atoms with Gasteiger partial charge in [-0.2, -0.15) is 0 Å². The van der Waals surface area contributed by atoms with E-state index in [4.69, 9.17) is 11.6 Å². The number of hydrogen-bond donors (Lipinski definition) is 2. The second-order valence-corrected chi connectivity index (χ2v) is 5.57. The van der Waals surface area contributed by atoms with Crippen molar-refractivity contribution in [3.05, 3.63) is 33.8 Å². The Bertz CT molecular complexity index is 659. The number of piperidine rings is 1. The van der Waals surface area contributed by atoms with Crippen molar-refractivity contribution >= 4 is 29.3 Å². The fourth-order valence-corrected chi connectivity index (χ4v) is 3.07. The molecule has 7 heteroatoms. The molecule has 110 valence electrons. The molecule has 0 saturated carbocycles. The Kier molecular flexibility index (Phi) is 3.43. The molecule has 2 heterocycles. The summed E-state index contributed by atoms with van der Waals surface area (Å²) >= 11 is 6.14. The third kappa shape index (κ3) is 2.30. The third-order valence-electron chi connectivity index (χ3n) is 3.84. The van der Waals surface area contributed by atoms with Crippen LogP contribution < -0.4 is 5.32 Å². The zero-order valence-corrected chi connectivity index (χ0v) is 11.8. The fourth-order valence-electron chi connectivity index (χ4n) is 2.76. The number of fused-ring (bicyclic) bond motifs is 1. The predicted octanol–water partition coefficient (Wildman–Crippen LogP) is 0.593. The number of carbonyl (C=O) groups excluding carboxylic acids is 3. The topological polar surface area (TPSA) is 86.7 Å². The van der Waals surface area contributed by atoms with Gasteiger partial charge in [-0.15, -0.1) is 0 Å². The Morgan fingerprint density at radius 2 is 2.10 bits per heavy atom.